The Morgan fingerprint density at radius 2 is 1.96 bits per heavy atom. The van der Waals surface area contributed by atoms with Crippen molar-refractivity contribution in [2.24, 2.45) is 0 Å². The van der Waals surface area contributed by atoms with Gasteiger partial charge in [0.2, 0.25) is 0 Å². The number of fused-ring (bicyclic) bond motifs is 2. The standard InChI is InChI=1S/C18H14ClNO3/c1-20-15-5-3-2-4-12(15)13(18(20)21)8-11-9-14(19)17-16(10-11)22-6-7-23-17/h2-5,8-10H,6-7H2,1H3/b13-8-. The molecular weight excluding hydrogens is 314 g/mol. The number of amides is 1. The zero-order chi connectivity index (χ0) is 16.0. The summed E-state index contributed by atoms with van der Waals surface area (Å²) in [4.78, 5) is 14.2. The van der Waals surface area contributed by atoms with Crippen molar-refractivity contribution >= 4 is 34.8 Å². The molecule has 2 aliphatic heterocycles. The molecule has 0 fully saturated rings. The van der Waals surface area contributed by atoms with Crippen LogP contribution in [0.15, 0.2) is 36.4 Å². The summed E-state index contributed by atoms with van der Waals surface area (Å²) in [5.41, 5.74) is 3.29. The SMILES string of the molecule is CN1C(=O)/C(=C\c2cc(Cl)c3c(c2)OCCO3)c2ccccc21. The molecule has 0 aromatic heterocycles. The quantitative estimate of drug-likeness (QED) is 0.751. The van der Waals surface area contributed by atoms with Crippen LogP contribution in [-0.2, 0) is 4.79 Å². The van der Waals surface area contributed by atoms with Crippen molar-refractivity contribution in [1.29, 1.82) is 0 Å². The summed E-state index contributed by atoms with van der Waals surface area (Å²) >= 11 is 6.27. The number of halogens is 1. The van der Waals surface area contributed by atoms with Gasteiger partial charge in [-0.2, -0.15) is 0 Å². The maximum Gasteiger partial charge on any atom is 0.258 e. The van der Waals surface area contributed by atoms with Gasteiger partial charge >= 0.3 is 0 Å². The van der Waals surface area contributed by atoms with Crippen LogP contribution in [0.4, 0.5) is 5.69 Å². The van der Waals surface area contributed by atoms with E-state index in [0.717, 1.165) is 16.8 Å². The largest absolute Gasteiger partial charge is 0.486 e. The normalized spacial score (nSPS) is 17.6. The number of anilines is 1. The molecule has 0 saturated carbocycles. The monoisotopic (exact) mass is 327 g/mol. The Bertz CT molecular complexity index is 844. The molecule has 5 heteroatoms. The summed E-state index contributed by atoms with van der Waals surface area (Å²) in [5.74, 6) is 1.15. The first-order chi connectivity index (χ1) is 11.1. The number of rotatable bonds is 1. The molecule has 2 aromatic rings. The van der Waals surface area contributed by atoms with E-state index >= 15 is 0 Å². The molecule has 116 valence electrons. The number of para-hydroxylation sites is 1. The Kier molecular flexibility index (Phi) is 3.27. The van der Waals surface area contributed by atoms with Crippen LogP contribution in [0, 0.1) is 0 Å². The predicted octanol–water partition coefficient (Wildman–Crippen LogP) is 3.63. The van der Waals surface area contributed by atoms with Crippen molar-refractivity contribution in [1.82, 2.24) is 0 Å². The van der Waals surface area contributed by atoms with Gasteiger partial charge in [-0.25, -0.2) is 0 Å². The van der Waals surface area contributed by atoms with E-state index < -0.39 is 0 Å². The van der Waals surface area contributed by atoms with Crippen molar-refractivity contribution in [3.05, 3.63) is 52.5 Å². The van der Waals surface area contributed by atoms with Crippen LogP contribution in [0.25, 0.3) is 11.6 Å². The summed E-state index contributed by atoms with van der Waals surface area (Å²) < 4.78 is 11.1. The molecule has 1 amide bonds. The van der Waals surface area contributed by atoms with Crippen molar-refractivity contribution in [2.45, 2.75) is 0 Å². The van der Waals surface area contributed by atoms with Gasteiger partial charge in [-0.1, -0.05) is 29.8 Å². The highest BCUT2D eigenvalue weighted by molar-refractivity contribution is 6.36. The number of carbonyl (C=O) groups is 1. The number of likely N-dealkylation sites (N-methyl/N-ethyl adjacent to an activating group) is 1. The maximum absolute atomic E-state index is 12.5. The Hall–Kier alpha value is -2.46. The third-order valence-electron chi connectivity index (χ3n) is 4.02. The maximum atomic E-state index is 12.5. The smallest absolute Gasteiger partial charge is 0.258 e. The molecule has 2 aromatic carbocycles. The lowest BCUT2D eigenvalue weighted by molar-refractivity contribution is -0.112. The van der Waals surface area contributed by atoms with Gasteiger partial charge in [0.1, 0.15) is 13.2 Å². The fourth-order valence-corrected chi connectivity index (χ4v) is 3.19. The molecule has 2 heterocycles. The Morgan fingerprint density at radius 1 is 1.17 bits per heavy atom. The number of hydrogen-bond acceptors (Lipinski definition) is 3. The average molecular weight is 328 g/mol. The number of carbonyl (C=O) groups excluding carboxylic acids is 1. The summed E-state index contributed by atoms with van der Waals surface area (Å²) in [6, 6.07) is 11.4. The van der Waals surface area contributed by atoms with Gasteiger partial charge in [-0.05, 0) is 29.8 Å². The van der Waals surface area contributed by atoms with Crippen LogP contribution in [0.3, 0.4) is 0 Å². The van der Waals surface area contributed by atoms with Crippen molar-refractivity contribution in [2.75, 3.05) is 25.2 Å². The minimum absolute atomic E-state index is 0.0304. The Morgan fingerprint density at radius 3 is 2.83 bits per heavy atom. The molecule has 0 atom stereocenters. The van der Waals surface area contributed by atoms with Gasteiger partial charge in [0.05, 0.1) is 10.7 Å². The second-order valence-electron chi connectivity index (χ2n) is 5.47. The van der Waals surface area contributed by atoms with E-state index in [2.05, 4.69) is 0 Å². The summed E-state index contributed by atoms with van der Waals surface area (Å²) in [5, 5.41) is 0.487. The van der Waals surface area contributed by atoms with Gasteiger partial charge in [-0.15, -0.1) is 0 Å². The van der Waals surface area contributed by atoms with E-state index in [1.54, 1.807) is 18.0 Å². The Labute approximate surface area is 138 Å². The third kappa shape index (κ3) is 2.26. The molecule has 0 N–H and O–H groups in total. The molecule has 0 bridgehead atoms. The van der Waals surface area contributed by atoms with Crippen molar-refractivity contribution in [3.63, 3.8) is 0 Å². The van der Waals surface area contributed by atoms with Crippen LogP contribution >= 0.6 is 11.6 Å². The molecule has 4 rings (SSSR count). The van der Waals surface area contributed by atoms with E-state index in [-0.39, 0.29) is 5.91 Å². The van der Waals surface area contributed by atoms with Gasteiger partial charge in [0.15, 0.2) is 11.5 Å². The molecule has 23 heavy (non-hydrogen) atoms. The van der Waals surface area contributed by atoms with Crippen LogP contribution in [-0.4, -0.2) is 26.2 Å². The molecule has 2 aliphatic rings. The number of benzene rings is 2. The molecule has 0 spiro atoms. The lowest BCUT2D eigenvalue weighted by atomic mass is 10.0. The highest BCUT2D eigenvalue weighted by Gasteiger charge is 2.29. The molecule has 0 unspecified atom stereocenters. The van der Waals surface area contributed by atoms with Gasteiger partial charge in [-0.3, -0.25) is 4.79 Å². The van der Waals surface area contributed by atoms with Crippen LogP contribution in [0.1, 0.15) is 11.1 Å². The predicted molar refractivity (Wildman–Crippen MR) is 90.2 cm³/mol. The van der Waals surface area contributed by atoms with Gasteiger partial charge in [0.25, 0.3) is 5.91 Å². The molecule has 4 nitrogen and oxygen atoms in total. The van der Waals surface area contributed by atoms with E-state index in [1.807, 2.05) is 36.4 Å². The van der Waals surface area contributed by atoms with Gasteiger partial charge < -0.3 is 14.4 Å². The second kappa shape index (κ2) is 5.32. The van der Waals surface area contributed by atoms with Crippen LogP contribution in [0.5, 0.6) is 11.5 Å². The van der Waals surface area contributed by atoms with Crippen LogP contribution < -0.4 is 14.4 Å². The number of ether oxygens (including phenoxy) is 2. The fraction of sp³-hybridized carbons (Fsp3) is 0.167. The first-order valence-electron chi connectivity index (χ1n) is 7.33. The van der Waals surface area contributed by atoms with E-state index in [0.29, 0.717) is 35.3 Å². The topological polar surface area (TPSA) is 38.8 Å². The molecular formula is C18H14ClNO3. The van der Waals surface area contributed by atoms with Crippen molar-refractivity contribution < 1.29 is 14.3 Å². The van der Waals surface area contributed by atoms with E-state index in [9.17, 15) is 4.79 Å². The fourth-order valence-electron chi connectivity index (χ4n) is 2.92. The van der Waals surface area contributed by atoms with Crippen molar-refractivity contribution in [3.8, 4) is 11.5 Å². The zero-order valence-corrected chi connectivity index (χ0v) is 13.3. The van der Waals surface area contributed by atoms with Gasteiger partial charge in [0, 0.05) is 18.2 Å². The molecule has 0 radical (unpaired) electrons. The molecule has 0 aliphatic carbocycles. The minimum atomic E-state index is -0.0304. The average Bonchev–Trinajstić information content (AvgIpc) is 2.80. The third-order valence-corrected chi connectivity index (χ3v) is 4.30. The second-order valence-corrected chi connectivity index (χ2v) is 5.87. The highest BCUT2D eigenvalue weighted by atomic mass is 35.5. The first-order valence-corrected chi connectivity index (χ1v) is 7.71. The minimum Gasteiger partial charge on any atom is -0.486 e. The lowest BCUT2D eigenvalue weighted by Crippen LogP contribution is -2.20. The zero-order valence-electron chi connectivity index (χ0n) is 12.5. The highest BCUT2D eigenvalue weighted by Crippen LogP contribution is 2.41. The summed E-state index contributed by atoms with van der Waals surface area (Å²) in [6.45, 7) is 0.984. The molecule has 0 saturated heterocycles. The van der Waals surface area contributed by atoms with E-state index in [4.69, 9.17) is 21.1 Å². The first kappa shape index (κ1) is 14.2. The number of nitrogens with zero attached hydrogens (tertiary/aromatic N) is 1. The number of hydrogen-bond donors (Lipinski definition) is 0. The summed E-state index contributed by atoms with van der Waals surface area (Å²) in [6.07, 6.45) is 1.84. The summed E-state index contributed by atoms with van der Waals surface area (Å²) in [7, 11) is 1.78. The van der Waals surface area contributed by atoms with Crippen LogP contribution in [0.2, 0.25) is 5.02 Å². The lowest BCUT2D eigenvalue weighted by Gasteiger charge is -2.19. The van der Waals surface area contributed by atoms with E-state index in [1.165, 1.54) is 0 Å². The Balaban J connectivity index is 1.82.